The topological polar surface area (TPSA) is 33.6 Å². The van der Waals surface area contributed by atoms with Gasteiger partial charge in [-0.25, -0.2) is 4.98 Å². The number of imidazole rings is 1. The van der Waals surface area contributed by atoms with E-state index in [-0.39, 0.29) is 0 Å². The van der Waals surface area contributed by atoms with Gasteiger partial charge in [0, 0.05) is 16.7 Å². The van der Waals surface area contributed by atoms with E-state index in [1.165, 1.54) is 32.1 Å². The van der Waals surface area contributed by atoms with Crippen LogP contribution in [0.1, 0.15) is 45.1 Å². The van der Waals surface area contributed by atoms with Gasteiger partial charge in [0.15, 0.2) is 10.4 Å². The molecule has 3 nitrogen and oxygen atoms in total. The Balaban J connectivity index is 1.97. The molecule has 3 rings (SSSR count). The van der Waals surface area contributed by atoms with Gasteiger partial charge in [-0.15, -0.1) is 0 Å². The number of H-pyrrole nitrogens is 1. The van der Waals surface area contributed by atoms with Crippen LogP contribution >= 0.6 is 28.1 Å². The number of aromatic amines is 1. The van der Waals surface area contributed by atoms with Gasteiger partial charge in [0.05, 0.1) is 5.52 Å². The molecular formula is C14H18BrN3S. The Morgan fingerprint density at radius 2 is 2.16 bits per heavy atom. The molecule has 0 amide bonds. The molecule has 0 saturated heterocycles. The van der Waals surface area contributed by atoms with Crippen LogP contribution in [0.15, 0.2) is 16.7 Å². The van der Waals surface area contributed by atoms with Gasteiger partial charge >= 0.3 is 0 Å². The van der Waals surface area contributed by atoms with Crippen LogP contribution in [0.4, 0.5) is 0 Å². The number of aromatic nitrogens is 3. The summed E-state index contributed by atoms with van der Waals surface area (Å²) in [6.45, 7) is 2.29. The number of nitrogens with zero attached hydrogens (tertiary/aromatic N) is 2. The van der Waals surface area contributed by atoms with Crippen molar-refractivity contribution in [3.05, 3.63) is 21.5 Å². The minimum atomic E-state index is 0.512. The number of rotatable bonds is 2. The summed E-state index contributed by atoms with van der Waals surface area (Å²) in [7, 11) is 0. The van der Waals surface area contributed by atoms with Crippen molar-refractivity contribution in [1.29, 1.82) is 0 Å². The van der Waals surface area contributed by atoms with Crippen molar-refractivity contribution in [3.8, 4) is 0 Å². The van der Waals surface area contributed by atoms with Crippen LogP contribution in [0.2, 0.25) is 0 Å². The summed E-state index contributed by atoms with van der Waals surface area (Å²) in [4.78, 5) is 7.81. The molecule has 102 valence electrons. The molecule has 0 atom stereocenters. The quantitative estimate of drug-likeness (QED) is 0.781. The van der Waals surface area contributed by atoms with Crippen LogP contribution in [0.25, 0.3) is 11.2 Å². The van der Waals surface area contributed by atoms with Crippen LogP contribution < -0.4 is 0 Å². The Hall–Kier alpha value is -0.680. The predicted octanol–water partition coefficient (Wildman–Crippen LogP) is 5.00. The van der Waals surface area contributed by atoms with E-state index < -0.39 is 0 Å². The molecule has 0 bridgehead atoms. The molecule has 2 aromatic rings. The molecule has 1 saturated carbocycles. The van der Waals surface area contributed by atoms with Gasteiger partial charge in [-0.3, -0.25) is 4.57 Å². The molecule has 0 radical (unpaired) electrons. The smallest absolute Gasteiger partial charge is 0.179 e. The fraction of sp³-hybridized carbons (Fsp3) is 0.571. The van der Waals surface area contributed by atoms with Gasteiger partial charge in [0.1, 0.15) is 0 Å². The lowest BCUT2D eigenvalue weighted by Crippen LogP contribution is -2.18. The third-order valence-electron chi connectivity index (χ3n) is 4.28. The first-order valence-corrected chi connectivity index (χ1v) is 8.15. The third kappa shape index (κ3) is 2.50. The van der Waals surface area contributed by atoms with E-state index in [0.29, 0.717) is 6.04 Å². The van der Waals surface area contributed by atoms with E-state index in [2.05, 4.69) is 37.4 Å². The molecular weight excluding hydrogens is 322 g/mol. The highest BCUT2D eigenvalue weighted by molar-refractivity contribution is 9.10. The lowest BCUT2D eigenvalue weighted by atomic mass is 9.84. The second-order valence-electron chi connectivity index (χ2n) is 5.41. The molecule has 1 aliphatic carbocycles. The second kappa shape index (κ2) is 5.37. The van der Waals surface area contributed by atoms with E-state index in [1.807, 2.05) is 12.3 Å². The van der Waals surface area contributed by atoms with Crippen molar-refractivity contribution in [2.24, 2.45) is 5.92 Å². The molecule has 2 heterocycles. The summed E-state index contributed by atoms with van der Waals surface area (Å²) in [5.41, 5.74) is 2.02. The SMILES string of the molecule is CCC1CCC(n2c(=S)[nH]c3cc(Br)cnc32)CC1. The zero-order chi connectivity index (χ0) is 13.4. The summed E-state index contributed by atoms with van der Waals surface area (Å²) in [6.07, 6.45) is 8.21. The highest BCUT2D eigenvalue weighted by Gasteiger charge is 2.23. The van der Waals surface area contributed by atoms with E-state index >= 15 is 0 Å². The van der Waals surface area contributed by atoms with E-state index in [0.717, 1.165) is 26.3 Å². The van der Waals surface area contributed by atoms with Crippen molar-refractivity contribution in [2.45, 2.75) is 45.1 Å². The normalized spacial score (nSPS) is 23.9. The van der Waals surface area contributed by atoms with Crippen molar-refractivity contribution in [2.75, 3.05) is 0 Å². The Bertz CT molecular complexity index is 638. The number of halogens is 1. The summed E-state index contributed by atoms with van der Waals surface area (Å²) in [6, 6.07) is 2.56. The summed E-state index contributed by atoms with van der Waals surface area (Å²) in [5, 5.41) is 0. The van der Waals surface area contributed by atoms with Crippen LogP contribution in [0.5, 0.6) is 0 Å². The number of fused-ring (bicyclic) bond motifs is 1. The minimum Gasteiger partial charge on any atom is -0.329 e. The molecule has 0 unspecified atom stereocenters. The average molecular weight is 340 g/mol. The first-order valence-electron chi connectivity index (χ1n) is 6.94. The van der Waals surface area contributed by atoms with E-state index in [9.17, 15) is 0 Å². The lowest BCUT2D eigenvalue weighted by molar-refractivity contribution is 0.271. The largest absolute Gasteiger partial charge is 0.329 e. The lowest BCUT2D eigenvalue weighted by Gasteiger charge is -2.28. The maximum Gasteiger partial charge on any atom is 0.179 e. The average Bonchev–Trinajstić information content (AvgIpc) is 2.74. The first kappa shape index (κ1) is 13.3. The second-order valence-corrected chi connectivity index (χ2v) is 6.71. The van der Waals surface area contributed by atoms with Gasteiger partial charge in [-0.1, -0.05) is 13.3 Å². The molecule has 2 aromatic heterocycles. The monoisotopic (exact) mass is 339 g/mol. The maximum atomic E-state index is 5.49. The van der Waals surface area contributed by atoms with Crippen molar-refractivity contribution >= 4 is 39.3 Å². The molecule has 5 heteroatoms. The fourth-order valence-corrected chi connectivity index (χ4v) is 3.81. The highest BCUT2D eigenvalue weighted by atomic mass is 79.9. The van der Waals surface area contributed by atoms with Crippen LogP contribution in [-0.2, 0) is 0 Å². The molecule has 1 N–H and O–H groups in total. The Labute approximate surface area is 126 Å². The number of hydrogen-bond acceptors (Lipinski definition) is 2. The summed E-state index contributed by atoms with van der Waals surface area (Å²) >= 11 is 8.94. The molecule has 0 spiro atoms. The van der Waals surface area contributed by atoms with Gasteiger partial charge in [-0.2, -0.15) is 0 Å². The van der Waals surface area contributed by atoms with Crippen molar-refractivity contribution in [1.82, 2.24) is 14.5 Å². The van der Waals surface area contributed by atoms with Crippen LogP contribution in [-0.4, -0.2) is 14.5 Å². The third-order valence-corrected chi connectivity index (χ3v) is 5.01. The molecule has 0 aromatic carbocycles. The molecule has 1 fully saturated rings. The number of nitrogens with one attached hydrogen (secondary N) is 1. The fourth-order valence-electron chi connectivity index (χ4n) is 3.14. The van der Waals surface area contributed by atoms with Crippen molar-refractivity contribution < 1.29 is 0 Å². The standard InChI is InChI=1S/C14H18BrN3S/c1-2-9-3-5-11(6-4-9)18-13-12(17-14(18)19)7-10(15)8-16-13/h7-9,11H,2-6H2,1H3,(H,17,19). The van der Waals surface area contributed by atoms with Crippen LogP contribution in [0.3, 0.4) is 0 Å². The minimum absolute atomic E-state index is 0.512. The zero-order valence-corrected chi connectivity index (χ0v) is 13.4. The van der Waals surface area contributed by atoms with Gasteiger partial charge in [0.2, 0.25) is 0 Å². The van der Waals surface area contributed by atoms with E-state index in [4.69, 9.17) is 12.2 Å². The zero-order valence-electron chi connectivity index (χ0n) is 11.0. The predicted molar refractivity (Wildman–Crippen MR) is 83.9 cm³/mol. The summed E-state index contributed by atoms with van der Waals surface area (Å²) in [5.74, 6) is 0.901. The molecule has 19 heavy (non-hydrogen) atoms. The highest BCUT2D eigenvalue weighted by Crippen LogP contribution is 2.35. The Morgan fingerprint density at radius 3 is 2.84 bits per heavy atom. The Kier molecular flexibility index (Phi) is 3.76. The van der Waals surface area contributed by atoms with Crippen molar-refractivity contribution in [3.63, 3.8) is 0 Å². The first-order chi connectivity index (χ1) is 9.19. The van der Waals surface area contributed by atoms with Gasteiger partial charge < -0.3 is 4.98 Å². The summed E-state index contributed by atoms with van der Waals surface area (Å²) < 4.78 is 4.02. The molecule has 0 aliphatic heterocycles. The van der Waals surface area contributed by atoms with E-state index in [1.54, 1.807) is 0 Å². The van der Waals surface area contributed by atoms with Gasteiger partial charge in [-0.05, 0) is 65.8 Å². The number of hydrogen-bond donors (Lipinski definition) is 1. The molecule has 1 aliphatic rings. The van der Waals surface area contributed by atoms with Crippen LogP contribution in [0, 0.1) is 10.7 Å². The van der Waals surface area contributed by atoms with Gasteiger partial charge in [0.25, 0.3) is 0 Å². The number of pyridine rings is 1. The maximum absolute atomic E-state index is 5.49. The Morgan fingerprint density at radius 1 is 1.42 bits per heavy atom.